The number of rotatable bonds is 4. The van der Waals surface area contributed by atoms with Crippen LogP contribution in [-0.2, 0) is 6.54 Å². The minimum atomic E-state index is -0.158. The van der Waals surface area contributed by atoms with Gasteiger partial charge in [0.1, 0.15) is 11.4 Å². The number of fused-ring (bicyclic) bond motifs is 1. The third-order valence-electron chi connectivity index (χ3n) is 4.77. The number of benzene rings is 2. The maximum absolute atomic E-state index is 6.34. The summed E-state index contributed by atoms with van der Waals surface area (Å²) in [4.78, 5) is 2.39. The Morgan fingerprint density at radius 1 is 1.00 bits per heavy atom. The summed E-state index contributed by atoms with van der Waals surface area (Å²) in [5, 5.41) is 0. The van der Waals surface area contributed by atoms with Crippen LogP contribution in [0.2, 0.25) is 0 Å². The van der Waals surface area contributed by atoms with E-state index in [1.54, 1.807) is 0 Å². The van der Waals surface area contributed by atoms with E-state index in [2.05, 4.69) is 36.9 Å². The minimum Gasteiger partial charge on any atom is -0.483 e. The third-order valence-corrected chi connectivity index (χ3v) is 4.77. The molecule has 0 atom stereocenters. The Morgan fingerprint density at radius 3 is 2.30 bits per heavy atom. The largest absolute Gasteiger partial charge is 0.483 e. The quantitative estimate of drug-likeness (QED) is 0.843. The van der Waals surface area contributed by atoms with E-state index < -0.39 is 0 Å². The van der Waals surface area contributed by atoms with Crippen LogP contribution in [0.25, 0.3) is 0 Å². The summed E-state index contributed by atoms with van der Waals surface area (Å²) in [5.74, 6) is 0.885. The summed E-state index contributed by atoms with van der Waals surface area (Å²) in [6.45, 7) is 6.08. The number of nitrogen functional groups attached to an aromatic ring is 2. The Balaban J connectivity index is 1.96. The van der Waals surface area contributed by atoms with Crippen LogP contribution in [0.4, 0.5) is 17.1 Å². The number of nitrogens with zero attached hydrogens (tertiary/aromatic N) is 1. The Bertz CT molecular complexity index is 678. The monoisotopic (exact) mass is 311 g/mol. The second-order valence-corrected chi connectivity index (χ2v) is 6.32. The molecule has 2 aromatic carbocycles. The van der Waals surface area contributed by atoms with Crippen LogP contribution in [0.15, 0.2) is 42.5 Å². The van der Waals surface area contributed by atoms with Gasteiger partial charge in [0, 0.05) is 24.0 Å². The molecular formula is C19H25N3O. The molecule has 2 aromatic rings. The lowest BCUT2D eigenvalue weighted by molar-refractivity contribution is 0.0571. The first-order valence-electron chi connectivity index (χ1n) is 8.23. The fraction of sp³-hybridized carbons (Fsp3) is 0.368. The van der Waals surface area contributed by atoms with E-state index in [0.29, 0.717) is 0 Å². The van der Waals surface area contributed by atoms with Gasteiger partial charge in [0.05, 0.1) is 12.2 Å². The highest BCUT2D eigenvalue weighted by atomic mass is 16.5. The zero-order chi connectivity index (χ0) is 16.4. The van der Waals surface area contributed by atoms with Gasteiger partial charge in [-0.3, -0.25) is 0 Å². The normalized spacial score (nSPS) is 15.8. The molecule has 0 spiro atoms. The molecule has 0 saturated carbocycles. The topological polar surface area (TPSA) is 64.5 Å². The van der Waals surface area contributed by atoms with Crippen molar-refractivity contribution < 1.29 is 4.74 Å². The van der Waals surface area contributed by atoms with Gasteiger partial charge in [-0.25, -0.2) is 0 Å². The van der Waals surface area contributed by atoms with E-state index in [1.807, 2.05) is 24.3 Å². The zero-order valence-corrected chi connectivity index (χ0v) is 13.9. The molecule has 0 fully saturated rings. The first kappa shape index (κ1) is 15.5. The van der Waals surface area contributed by atoms with Crippen molar-refractivity contribution >= 4 is 17.1 Å². The fourth-order valence-corrected chi connectivity index (χ4v) is 3.17. The molecule has 4 heteroatoms. The van der Waals surface area contributed by atoms with E-state index in [1.165, 1.54) is 5.56 Å². The Morgan fingerprint density at radius 2 is 1.65 bits per heavy atom. The molecule has 4 N–H and O–H groups in total. The molecule has 122 valence electrons. The highest BCUT2D eigenvalue weighted by molar-refractivity contribution is 5.66. The van der Waals surface area contributed by atoms with Crippen molar-refractivity contribution in [2.45, 2.75) is 38.8 Å². The van der Waals surface area contributed by atoms with Gasteiger partial charge in [-0.1, -0.05) is 26.0 Å². The molecule has 4 nitrogen and oxygen atoms in total. The van der Waals surface area contributed by atoms with E-state index in [4.69, 9.17) is 16.2 Å². The second-order valence-electron chi connectivity index (χ2n) is 6.32. The predicted molar refractivity (Wildman–Crippen MR) is 96.7 cm³/mol. The molecule has 0 aliphatic carbocycles. The number of hydrogen-bond acceptors (Lipinski definition) is 4. The zero-order valence-electron chi connectivity index (χ0n) is 13.9. The van der Waals surface area contributed by atoms with E-state index in [0.717, 1.165) is 48.7 Å². The molecule has 0 bridgehead atoms. The van der Waals surface area contributed by atoms with Crippen molar-refractivity contribution in [2.24, 2.45) is 0 Å². The fourth-order valence-electron chi connectivity index (χ4n) is 3.17. The lowest BCUT2D eigenvalue weighted by atomic mass is 9.93. The van der Waals surface area contributed by atoms with Crippen LogP contribution in [-0.4, -0.2) is 12.1 Å². The Hall–Kier alpha value is -2.36. The molecule has 1 aliphatic heterocycles. The van der Waals surface area contributed by atoms with Crippen LogP contribution < -0.4 is 21.1 Å². The summed E-state index contributed by atoms with van der Waals surface area (Å²) in [6.07, 6.45) is 1.94. The first-order chi connectivity index (χ1) is 11.0. The minimum absolute atomic E-state index is 0.158. The van der Waals surface area contributed by atoms with Crippen molar-refractivity contribution in [3.05, 3.63) is 48.0 Å². The lowest BCUT2D eigenvalue weighted by Gasteiger charge is -2.44. The van der Waals surface area contributed by atoms with Gasteiger partial charge < -0.3 is 21.1 Å². The molecule has 0 aromatic heterocycles. The van der Waals surface area contributed by atoms with E-state index in [9.17, 15) is 0 Å². The predicted octanol–water partition coefficient (Wildman–Crippen LogP) is 3.81. The third kappa shape index (κ3) is 3.07. The second kappa shape index (κ2) is 6.03. The highest BCUT2D eigenvalue weighted by Gasteiger charge is 2.37. The molecule has 23 heavy (non-hydrogen) atoms. The van der Waals surface area contributed by atoms with Crippen LogP contribution in [0, 0.1) is 0 Å². The summed E-state index contributed by atoms with van der Waals surface area (Å²) in [5.41, 5.74) is 15.5. The molecular weight excluding hydrogens is 286 g/mol. The smallest absolute Gasteiger partial charge is 0.145 e. The molecule has 3 rings (SSSR count). The van der Waals surface area contributed by atoms with Crippen molar-refractivity contribution in [1.82, 2.24) is 0 Å². The SMILES string of the molecule is CCC1(CC)CN(Cc2ccc(N)cc2)c2ccc(N)cc2O1. The summed E-state index contributed by atoms with van der Waals surface area (Å²) in [6, 6.07) is 14.0. The maximum Gasteiger partial charge on any atom is 0.145 e. The van der Waals surface area contributed by atoms with Gasteiger partial charge in [0.25, 0.3) is 0 Å². The number of nitrogens with two attached hydrogens (primary N) is 2. The maximum atomic E-state index is 6.34. The first-order valence-corrected chi connectivity index (χ1v) is 8.23. The summed E-state index contributed by atoms with van der Waals surface area (Å²) >= 11 is 0. The Kier molecular flexibility index (Phi) is 4.07. The van der Waals surface area contributed by atoms with Gasteiger partial charge in [-0.2, -0.15) is 0 Å². The molecule has 1 heterocycles. The van der Waals surface area contributed by atoms with Crippen molar-refractivity contribution in [2.75, 3.05) is 22.9 Å². The van der Waals surface area contributed by atoms with Crippen molar-refractivity contribution in [3.8, 4) is 5.75 Å². The van der Waals surface area contributed by atoms with Gasteiger partial charge in [-0.05, 0) is 42.7 Å². The van der Waals surface area contributed by atoms with Crippen LogP contribution in [0.1, 0.15) is 32.3 Å². The van der Waals surface area contributed by atoms with Crippen molar-refractivity contribution in [1.29, 1.82) is 0 Å². The van der Waals surface area contributed by atoms with Crippen molar-refractivity contribution in [3.63, 3.8) is 0 Å². The molecule has 0 saturated heterocycles. The van der Waals surface area contributed by atoms with E-state index in [-0.39, 0.29) is 5.60 Å². The number of hydrogen-bond donors (Lipinski definition) is 2. The number of ether oxygens (including phenoxy) is 1. The van der Waals surface area contributed by atoms with Gasteiger partial charge in [0.15, 0.2) is 0 Å². The summed E-state index contributed by atoms with van der Waals surface area (Å²) < 4.78 is 6.34. The van der Waals surface area contributed by atoms with Crippen LogP contribution >= 0.6 is 0 Å². The van der Waals surface area contributed by atoms with Crippen LogP contribution in [0.3, 0.4) is 0 Å². The van der Waals surface area contributed by atoms with Gasteiger partial charge in [-0.15, -0.1) is 0 Å². The lowest BCUT2D eigenvalue weighted by Crippen LogP contribution is -2.50. The number of anilines is 3. The average molecular weight is 311 g/mol. The molecule has 0 unspecified atom stereocenters. The molecule has 0 amide bonds. The molecule has 1 aliphatic rings. The average Bonchev–Trinajstić information content (AvgIpc) is 2.56. The van der Waals surface area contributed by atoms with Gasteiger partial charge in [0.2, 0.25) is 0 Å². The molecule has 0 radical (unpaired) electrons. The summed E-state index contributed by atoms with van der Waals surface area (Å²) in [7, 11) is 0. The standard InChI is InChI=1S/C19H25N3O/c1-3-19(4-2)13-22(12-14-5-7-15(20)8-6-14)17-10-9-16(21)11-18(17)23-19/h5-11H,3-4,12-13,20-21H2,1-2H3. The Labute approximate surface area is 138 Å². The van der Waals surface area contributed by atoms with E-state index >= 15 is 0 Å². The van der Waals surface area contributed by atoms with Gasteiger partial charge >= 0.3 is 0 Å². The highest BCUT2D eigenvalue weighted by Crippen LogP contribution is 2.41. The van der Waals surface area contributed by atoms with Crippen LogP contribution in [0.5, 0.6) is 5.75 Å².